The molecule has 0 aliphatic carbocycles. The molecule has 0 unspecified atom stereocenters. The van der Waals surface area contributed by atoms with E-state index in [1.165, 1.54) is 10.9 Å². The fourth-order valence-electron chi connectivity index (χ4n) is 2.40. The summed E-state index contributed by atoms with van der Waals surface area (Å²) in [6.07, 6.45) is 1.45. The monoisotopic (exact) mass is 292 g/mol. The van der Waals surface area contributed by atoms with E-state index in [0.29, 0.717) is 18.8 Å². The highest BCUT2D eigenvalue weighted by atomic mass is 32.1. The Balaban J connectivity index is 1.80. The SMILES string of the molecule is C[C@H]1CN(C(=O)c2cnnn2C)C[C@H](c2ccsc2)O1. The molecule has 0 aromatic carbocycles. The van der Waals surface area contributed by atoms with Crippen LogP contribution in [0.4, 0.5) is 0 Å². The first-order chi connectivity index (χ1) is 9.65. The summed E-state index contributed by atoms with van der Waals surface area (Å²) >= 11 is 1.64. The number of ether oxygens (including phenoxy) is 1. The first-order valence-corrected chi connectivity index (χ1v) is 7.41. The van der Waals surface area contributed by atoms with Crippen LogP contribution >= 0.6 is 11.3 Å². The number of morpholine rings is 1. The number of carbonyl (C=O) groups excluding carboxylic acids is 1. The van der Waals surface area contributed by atoms with Gasteiger partial charge >= 0.3 is 0 Å². The van der Waals surface area contributed by atoms with Crippen LogP contribution in [0, 0.1) is 0 Å². The van der Waals surface area contributed by atoms with Gasteiger partial charge in [-0.15, -0.1) is 5.10 Å². The number of rotatable bonds is 2. The number of thiophene rings is 1. The van der Waals surface area contributed by atoms with Crippen LogP contribution in [0.1, 0.15) is 29.1 Å². The summed E-state index contributed by atoms with van der Waals surface area (Å²) < 4.78 is 7.44. The van der Waals surface area contributed by atoms with E-state index < -0.39 is 0 Å². The summed E-state index contributed by atoms with van der Waals surface area (Å²) in [6, 6.07) is 2.04. The molecule has 2 aromatic heterocycles. The average Bonchev–Trinajstić information content (AvgIpc) is 3.08. The standard InChI is InChI=1S/C13H16N4O2S/c1-9-6-17(13(18)11-5-14-15-16(11)2)7-12(19-9)10-3-4-20-8-10/h3-5,8-9,12H,6-7H2,1-2H3/t9-,12+/m0/s1. The van der Waals surface area contributed by atoms with Gasteiger partial charge in [-0.05, 0) is 29.3 Å². The molecule has 0 radical (unpaired) electrons. The second-order valence-corrected chi connectivity index (χ2v) is 5.73. The van der Waals surface area contributed by atoms with E-state index in [-0.39, 0.29) is 18.1 Å². The molecular formula is C13H16N4O2S. The zero-order chi connectivity index (χ0) is 14.1. The highest BCUT2D eigenvalue weighted by Crippen LogP contribution is 2.27. The average molecular weight is 292 g/mol. The summed E-state index contributed by atoms with van der Waals surface area (Å²) in [4.78, 5) is 14.3. The van der Waals surface area contributed by atoms with E-state index in [0.717, 1.165) is 5.56 Å². The Morgan fingerprint density at radius 3 is 3.00 bits per heavy atom. The maximum Gasteiger partial charge on any atom is 0.273 e. The van der Waals surface area contributed by atoms with E-state index >= 15 is 0 Å². The van der Waals surface area contributed by atoms with Gasteiger partial charge < -0.3 is 9.64 Å². The van der Waals surface area contributed by atoms with Gasteiger partial charge in [-0.25, -0.2) is 4.68 Å². The molecule has 1 aliphatic heterocycles. The molecule has 1 amide bonds. The molecule has 6 nitrogen and oxygen atoms in total. The van der Waals surface area contributed by atoms with Crippen LogP contribution < -0.4 is 0 Å². The van der Waals surface area contributed by atoms with Crippen molar-refractivity contribution in [2.75, 3.05) is 13.1 Å². The third-order valence-electron chi connectivity index (χ3n) is 3.40. The number of aromatic nitrogens is 3. The van der Waals surface area contributed by atoms with Gasteiger partial charge in [0, 0.05) is 13.6 Å². The lowest BCUT2D eigenvalue weighted by Gasteiger charge is -2.36. The Kier molecular flexibility index (Phi) is 3.54. The minimum absolute atomic E-state index is 0.0128. The molecule has 106 valence electrons. The molecule has 2 aromatic rings. The number of carbonyl (C=O) groups is 1. The molecule has 1 aliphatic rings. The normalized spacial score (nSPS) is 23.0. The third kappa shape index (κ3) is 2.46. The minimum Gasteiger partial charge on any atom is -0.367 e. The van der Waals surface area contributed by atoms with Crippen molar-refractivity contribution in [1.29, 1.82) is 0 Å². The lowest BCUT2D eigenvalue weighted by Crippen LogP contribution is -2.46. The molecule has 20 heavy (non-hydrogen) atoms. The van der Waals surface area contributed by atoms with Crippen LogP contribution in [0.3, 0.4) is 0 Å². The zero-order valence-electron chi connectivity index (χ0n) is 11.4. The number of hydrogen-bond donors (Lipinski definition) is 0. The summed E-state index contributed by atoms with van der Waals surface area (Å²) in [5.74, 6) is -0.0483. The van der Waals surface area contributed by atoms with Gasteiger partial charge in [0.15, 0.2) is 0 Å². The predicted molar refractivity (Wildman–Crippen MR) is 74.5 cm³/mol. The molecule has 0 saturated carbocycles. The molecule has 0 bridgehead atoms. The quantitative estimate of drug-likeness (QED) is 0.841. The lowest BCUT2D eigenvalue weighted by atomic mass is 10.1. The number of nitrogens with zero attached hydrogens (tertiary/aromatic N) is 4. The minimum atomic E-state index is -0.0601. The second kappa shape index (κ2) is 5.34. The Labute approximate surface area is 121 Å². The van der Waals surface area contributed by atoms with E-state index in [9.17, 15) is 4.79 Å². The molecule has 7 heteroatoms. The first-order valence-electron chi connectivity index (χ1n) is 6.46. The second-order valence-electron chi connectivity index (χ2n) is 4.95. The third-order valence-corrected chi connectivity index (χ3v) is 4.10. The molecule has 2 atom stereocenters. The molecule has 1 saturated heterocycles. The smallest absolute Gasteiger partial charge is 0.273 e. The van der Waals surface area contributed by atoms with Crippen LogP contribution in [-0.2, 0) is 11.8 Å². The van der Waals surface area contributed by atoms with Crippen molar-refractivity contribution in [2.24, 2.45) is 7.05 Å². The van der Waals surface area contributed by atoms with Crippen LogP contribution in [-0.4, -0.2) is 45.0 Å². The van der Waals surface area contributed by atoms with Gasteiger partial charge in [0.05, 0.1) is 18.8 Å². The van der Waals surface area contributed by atoms with E-state index in [2.05, 4.69) is 15.7 Å². The van der Waals surface area contributed by atoms with Gasteiger partial charge in [0.2, 0.25) is 0 Å². The van der Waals surface area contributed by atoms with Crippen molar-refractivity contribution in [3.05, 3.63) is 34.3 Å². The Bertz CT molecular complexity index is 595. The molecule has 0 N–H and O–H groups in total. The lowest BCUT2D eigenvalue weighted by molar-refractivity contribution is -0.0692. The van der Waals surface area contributed by atoms with Crippen LogP contribution in [0.15, 0.2) is 23.0 Å². The van der Waals surface area contributed by atoms with E-state index in [4.69, 9.17) is 4.74 Å². The maximum absolute atomic E-state index is 12.5. The van der Waals surface area contributed by atoms with E-state index in [1.54, 1.807) is 18.4 Å². The highest BCUT2D eigenvalue weighted by molar-refractivity contribution is 7.07. The van der Waals surface area contributed by atoms with Crippen molar-refractivity contribution in [3.8, 4) is 0 Å². The number of hydrogen-bond acceptors (Lipinski definition) is 5. The van der Waals surface area contributed by atoms with Crippen molar-refractivity contribution >= 4 is 17.2 Å². The van der Waals surface area contributed by atoms with Crippen LogP contribution in [0.2, 0.25) is 0 Å². The fourth-order valence-corrected chi connectivity index (χ4v) is 3.11. The Morgan fingerprint density at radius 1 is 1.50 bits per heavy atom. The molecule has 3 rings (SSSR count). The molecular weight excluding hydrogens is 276 g/mol. The Morgan fingerprint density at radius 2 is 2.35 bits per heavy atom. The topological polar surface area (TPSA) is 60.2 Å². The summed E-state index contributed by atoms with van der Waals surface area (Å²) in [7, 11) is 1.72. The summed E-state index contributed by atoms with van der Waals surface area (Å²) in [5.41, 5.74) is 1.63. The fraction of sp³-hybridized carbons (Fsp3) is 0.462. The molecule has 3 heterocycles. The van der Waals surface area contributed by atoms with Crippen LogP contribution in [0.25, 0.3) is 0 Å². The van der Waals surface area contributed by atoms with Gasteiger partial charge in [-0.1, -0.05) is 5.21 Å². The van der Waals surface area contributed by atoms with Gasteiger partial charge in [0.1, 0.15) is 11.8 Å². The molecule has 1 fully saturated rings. The predicted octanol–water partition coefficient (Wildman–Crippen LogP) is 1.48. The van der Waals surface area contributed by atoms with Gasteiger partial charge in [0.25, 0.3) is 5.91 Å². The number of amides is 1. The maximum atomic E-state index is 12.5. The van der Waals surface area contributed by atoms with Gasteiger partial charge in [-0.3, -0.25) is 4.79 Å². The number of aryl methyl sites for hydroxylation is 1. The van der Waals surface area contributed by atoms with E-state index in [1.807, 2.05) is 23.3 Å². The summed E-state index contributed by atoms with van der Waals surface area (Å²) in [5, 5.41) is 11.7. The van der Waals surface area contributed by atoms with Crippen molar-refractivity contribution in [2.45, 2.75) is 19.1 Å². The van der Waals surface area contributed by atoms with Crippen molar-refractivity contribution < 1.29 is 9.53 Å². The highest BCUT2D eigenvalue weighted by Gasteiger charge is 2.31. The Hall–Kier alpha value is -1.73. The van der Waals surface area contributed by atoms with Crippen molar-refractivity contribution in [1.82, 2.24) is 19.9 Å². The largest absolute Gasteiger partial charge is 0.367 e. The zero-order valence-corrected chi connectivity index (χ0v) is 12.2. The van der Waals surface area contributed by atoms with Gasteiger partial charge in [-0.2, -0.15) is 11.3 Å². The van der Waals surface area contributed by atoms with Crippen LogP contribution in [0.5, 0.6) is 0 Å². The first kappa shape index (κ1) is 13.3. The summed E-state index contributed by atoms with van der Waals surface area (Å²) in [6.45, 7) is 3.13. The van der Waals surface area contributed by atoms with Crippen molar-refractivity contribution in [3.63, 3.8) is 0 Å². The molecule has 0 spiro atoms.